The molecule has 0 aromatic heterocycles. The average molecular weight is 512 g/mol. The fourth-order valence-electron chi connectivity index (χ4n) is 4.71. The molecule has 0 spiro atoms. The van der Waals surface area contributed by atoms with E-state index in [0.717, 1.165) is 12.8 Å². The van der Waals surface area contributed by atoms with E-state index in [1.807, 2.05) is 0 Å². The molecule has 0 saturated carbocycles. The zero-order valence-corrected chi connectivity index (χ0v) is 22.9. The molecule has 7 nitrogen and oxygen atoms in total. The number of carboxylic acids is 3. The van der Waals surface area contributed by atoms with Crippen LogP contribution in [0.5, 0.6) is 0 Å². The predicted octanol–water partition coefficient (Wildman–Crippen LogP) is 5.71. The molecule has 2 N–H and O–H groups in total. The Balaban J connectivity index is 4.06. The number of quaternary nitrogens is 1. The minimum Gasteiger partial charge on any atom is -0.550 e. The van der Waals surface area contributed by atoms with Gasteiger partial charge in [0.2, 0.25) is 0 Å². The van der Waals surface area contributed by atoms with Gasteiger partial charge in [-0.05, 0) is 12.8 Å². The van der Waals surface area contributed by atoms with Crippen LogP contribution in [0, 0.1) is 0 Å². The lowest BCUT2D eigenvalue weighted by Gasteiger charge is -2.38. The zero-order valence-electron chi connectivity index (χ0n) is 22.9. The second kappa shape index (κ2) is 23.5. The SMILES string of the molecule is CCCCCCCCCCCCCCCC/C=C/CC[N+](CCC(=O)[O-])(CCC(=O)O)CCC(=O)O. The molecule has 0 rings (SSSR count). The highest BCUT2D eigenvalue weighted by atomic mass is 16.4. The van der Waals surface area contributed by atoms with Crippen LogP contribution >= 0.6 is 0 Å². The summed E-state index contributed by atoms with van der Waals surface area (Å²) in [6.07, 6.45) is 24.2. The monoisotopic (exact) mass is 511 g/mol. The Kier molecular flexibility index (Phi) is 22.3. The molecule has 0 radical (unpaired) electrons. The van der Waals surface area contributed by atoms with E-state index in [0.29, 0.717) is 13.0 Å². The molecule has 0 heterocycles. The third kappa shape index (κ3) is 22.6. The van der Waals surface area contributed by atoms with Gasteiger partial charge < -0.3 is 24.6 Å². The third-order valence-corrected chi connectivity index (χ3v) is 7.05. The van der Waals surface area contributed by atoms with Crippen molar-refractivity contribution < 1.29 is 34.2 Å². The maximum atomic E-state index is 11.1. The van der Waals surface area contributed by atoms with E-state index in [2.05, 4.69) is 19.1 Å². The van der Waals surface area contributed by atoms with Crippen LogP contribution in [-0.2, 0) is 14.4 Å². The normalized spacial score (nSPS) is 11.8. The van der Waals surface area contributed by atoms with Crippen molar-refractivity contribution in [3.63, 3.8) is 0 Å². The van der Waals surface area contributed by atoms with Crippen molar-refractivity contribution in [1.29, 1.82) is 0 Å². The Labute approximate surface area is 219 Å². The molecule has 0 bridgehead atoms. The number of aliphatic carboxylic acids is 3. The molecular weight excluding hydrogens is 458 g/mol. The second-order valence-electron chi connectivity index (χ2n) is 10.3. The third-order valence-electron chi connectivity index (χ3n) is 7.05. The quantitative estimate of drug-likeness (QED) is 0.0829. The molecule has 36 heavy (non-hydrogen) atoms. The number of allylic oxidation sites excluding steroid dienone is 1. The molecule has 0 fully saturated rings. The summed E-state index contributed by atoms with van der Waals surface area (Å²) < 4.78 is 0.176. The number of nitrogens with zero attached hydrogens (tertiary/aromatic N) is 1. The number of carbonyl (C=O) groups excluding carboxylic acids is 1. The van der Waals surface area contributed by atoms with Crippen molar-refractivity contribution in [2.75, 3.05) is 26.2 Å². The van der Waals surface area contributed by atoms with Crippen molar-refractivity contribution in [3.05, 3.63) is 12.2 Å². The first-order chi connectivity index (χ1) is 17.3. The van der Waals surface area contributed by atoms with Gasteiger partial charge in [-0.15, -0.1) is 0 Å². The Morgan fingerprint density at radius 1 is 0.583 bits per heavy atom. The van der Waals surface area contributed by atoms with E-state index in [9.17, 15) is 19.5 Å². The first-order valence-electron chi connectivity index (χ1n) is 14.4. The summed E-state index contributed by atoms with van der Waals surface area (Å²) in [7, 11) is 0. The fourth-order valence-corrected chi connectivity index (χ4v) is 4.71. The fraction of sp³-hybridized carbons (Fsp3) is 0.828. The van der Waals surface area contributed by atoms with Gasteiger partial charge in [0.15, 0.2) is 0 Å². The zero-order chi connectivity index (χ0) is 26.9. The minimum absolute atomic E-state index is 0.116. The summed E-state index contributed by atoms with van der Waals surface area (Å²) in [6.45, 7) is 3.43. The number of hydrogen-bond donors (Lipinski definition) is 2. The Hall–Kier alpha value is -1.89. The van der Waals surface area contributed by atoms with E-state index in [-0.39, 0.29) is 43.4 Å². The largest absolute Gasteiger partial charge is 0.550 e. The lowest BCUT2D eigenvalue weighted by atomic mass is 10.0. The minimum atomic E-state index is -1.20. The van der Waals surface area contributed by atoms with Crippen molar-refractivity contribution >= 4 is 17.9 Å². The van der Waals surface area contributed by atoms with Gasteiger partial charge in [0.05, 0.1) is 39.0 Å². The molecule has 0 saturated heterocycles. The van der Waals surface area contributed by atoms with Crippen LogP contribution in [0.25, 0.3) is 0 Å². The van der Waals surface area contributed by atoms with Crippen molar-refractivity contribution in [3.8, 4) is 0 Å². The number of carboxylic acid groups (broad SMARTS) is 3. The second-order valence-corrected chi connectivity index (χ2v) is 10.3. The van der Waals surface area contributed by atoms with Crippen LogP contribution in [0.15, 0.2) is 12.2 Å². The summed E-state index contributed by atoms with van der Waals surface area (Å²) in [5.41, 5.74) is 0. The van der Waals surface area contributed by atoms with Gasteiger partial charge in [-0.3, -0.25) is 9.59 Å². The Morgan fingerprint density at radius 2 is 0.972 bits per heavy atom. The van der Waals surface area contributed by atoms with Crippen molar-refractivity contribution in [1.82, 2.24) is 0 Å². The number of carbonyl (C=O) groups is 3. The topological polar surface area (TPSA) is 115 Å². The molecule has 0 aromatic carbocycles. The molecule has 0 unspecified atom stereocenters. The van der Waals surface area contributed by atoms with Crippen molar-refractivity contribution in [2.45, 2.75) is 129 Å². The molecule has 0 atom stereocenters. The van der Waals surface area contributed by atoms with E-state index < -0.39 is 17.9 Å². The van der Waals surface area contributed by atoms with Gasteiger partial charge in [-0.1, -0.05) is 103 Å². The van der Waals surface area contributed by atoms with E-state index in [1.54, 1.807) is 0 Å². The highest BCUT2D eigenvalue weighted by Gasteiger charge is 2.28. The van der Waals surface area contributed by atoms with Crippen LogP contribution in [0.2, 0.25) is 0 Å². The maximum Gasteiger partial charge on any atom is 0.309 e. The highest BCUT2D eigenvalue weighted by molar-refractivity contribution is 5.67. The summed E-state index contributed by atoms with van der Waals surface area (Å²) in [5, 5.41) is 29.2. The number of rotatable bonds is 27. The highest BCUT2D eigenvalue weighted by Crippen LogP contribution is 2.15. The van der Waals surface area contributed by atoms with Gasteiger partial charge in [0, 0.05) is 18.8 Å². The summed E-state index contributed by atoms with van der Waals surface area (Å²) in [4.78, 5) is 33.2. The van der Waals surface area contributed by atoms with E-state index in [4.69, 9.17) is 10.2 Å². The molecule has 0 aliphatic rings. The van der Waals surface area contributed by atoms with Gasteiger partial charge >= 0.3 is 11.9 Å². The lowest BCUT2D eigenvalue weighted by molar-refractivity contribution is -0.926. The molecule has 0 amide bonds. The molecule has 210 valence electrons. The first-order valence-corrected chi connectivity index (χ1v) is 14.4. The molecule has 0 aliphatic heterocycles. The Bertz CT molecular complexity index is 559. The maximum absolute atomic E-state index is 11.1. The van der Waals surface area contributed by atoms with Gasteiger partial charge in [-0.2, -0.15) is 0 Å². The van der Waals surface area contributed by atoms with Crippen LogP contribution in [0.4, 0.5) is 0 Å². The van der Waals surface area contributed by atoms with Crippen LogP contribution in [0.1, 0.15) is 129 Å². The number of unbranched alkanes of at least 4 members (excludes halogenated alkanes) is 14. The molecule has 0 aromatic rings. The molecule has 7 heteroatoms. The molecular formula is C29H53NO6. The summed E-state index contributed by atoms with van der Waals surface area (Å²) in [5.74, 6) is -3.12. The smallest absolute Gasteiger partial charge is 0.309 e. The summed E-state index contributed by atoms with van der Waals surface area (Å²) >= 11 is 0. The van der Waals surface area contributed by atoms with Gasteiger partial charge in [-0.25, -0.2) is 0 Å². The van der Waals surface area contributed by atoms with Gasteiger partial charge in [0.25, 0.3) is 0 Å². The summed E-state index contributed by atoms with van der Waals surface area (Å²) in [6, 6.07) is 0. The standard InChI is InChI=1S/C29H53NO6/c1-2-3-4-5-6-7-8-9-10-11-12-13-14-15-16-17-18-19-23-30(24-20-27(31)32,25-21-28(33)34)26-22-29(35)36/h17-18H,2-16,19-26H2,1H3,(H2-,31,32,33,34,35,36)/b18-17+. The average Bonchev–Trinajstić information content (AvgIpc) is 2.83. The van der Waals surface area contributed by atoms with Gasteiger partial charge in [0.1, 0.15) is 0 Å². The number of hydrogen-bond acceptors (Lipinski definition) is 4. The first kappa shape index (κ1) is 34.1. The van der Waals surface area contributed by atoms with E-state index >= 15 is 0 Å². The Morgan fingerprint density at radius 3 is 1.39 bits per heavy atom. The lowest BCUT2D eigenvalue weighted by Crippen LogP contribution is -2.52. The van der Waals surface area contributed by atoms with Crippen molar-refractivity contribution in [2.24, 2.45) is 0 Å². The predicted molar refractivity (Wildman–Crippen MR) is 143 cm³/mol. The van der Waals surface area contributed by atoms with E-state index in [1.165, 1.54) is 83.5 Å². The van der Waals surface area contributed by atoms with Crippen LogP contribution in [-0.4, -0.2) is 58.8 Å². The van der Waals surface area contributed by atoms with Crippen LogP contribution in [0.3, 0.4) is 0 Å². The van der Waals surface area contributed by atoms with Crippen LogP contribution < -0.4 is 5.11 Å². The molecule has 0 aliphatic carbocycles.